The lowest BCUT2D eigenvalue weighted by Gasteiger charge is -2.28. The lowest BCUT2D eigenvalue weighted by Crippen LogP contribution is -2.30. The third kappa shape index (κ3) is 1.12. The van der Waals surface area contributed by atoms with Gasteiger partial charge in [0.1, 0.15) is 5.82 Å². The summed E-state index contributed by atoms with van der Waals surface area (Å²) in [5, 5.41) is 0. The molecular weight excluding hydrogens is 232 g/mol. The summed E-state index contributed by atoms with van der Waals surface area (Å²) in [4.78, 5) is 2.43. The van der Waals surface area contributed by atoms with Gasteiger partial charge >= 0.3 is 0 Å². The second-order valence-corrected chi connectivity index (χ2v) is 6.01. The van der Waals surface area contributed by atoms with Crippen molar-refractivity contribution in [2.75, 3.05) is 18.0 Å². The molecule has 5 heteroatoms. The molecule has 0 saturated heterocycles. The van der Waals surface area contributed by atoms with E-state index in [9.17, 15) is 0 Å². The molecule has 0 N–H and O–H groups in total. The van der Waals surface area contributed by atoms with E-state index in [1.165, 1.54) is 24.3 Å². The minimum Gasteiger partial charge on any atom is -0.357 e. The second kappa shape index (κ2) is 3.12. The van der Waals surface area contributed by atoms with Gasteiger partial charge in [-0.25, -0.2) is 0 Å². The first-order chi connectivity index (χ1) is 6.77. The first-order valence-electron chi connectivity index (χ1n) is 4.79. The van der Waals surface area contributed by atoms with Crippen LogP contribution in [0.2, 0.25) is 0 Å². The van der Waals surface area contributed by atoms with Crippen LogP contribution in [0.1, 0.15) is 12.0 Å². The van der Waals surface area contributed by atoms with Crippen molar-refractivity contribution in [3.05, 3.63) is 13.3 Å². The Morgan fingerprint density at radius 2 is 2.00 bits per heavy atom. The molecule has 0 unspecified atom stereocenters. The van der Waals surface area contributed by atoms with Gasteiger partial charge in [-0.3, -0.25) is 0 Å². The molecule has 0 fully saturated rings. The summed E-state index contributed by atoms with van der Waals surface area (Å²) in [7, 11) is 0. The summed E-state index contributed by atoms with van der Waals surface area (Å²) in [6.07, 6.45) is 2.32. The van der Waals surface area contributed by atoms with Crippen LogP contribution in [0.25, 0.3) is 0 Å². The minimum absolute atomic E-state index is 0.945. The van der Waals surface area contributed by atoms with Gasteiger partial charge in [0, 0.05) is 25.2 Å². The Kier molecular flexibility index (Phi) is 2.00. The van der Waals surface area contributed by atoms with Crippen LogP contribution in [0.5, 0.6) is 0 Å². The van der Waals surface area contributed by atoms with Crippen LogP contribution in [0.4, 0.5) is 5.82 Å². The van der Waals surface area contributed by atoms with Crippen LogP contribution in [0.3, 0.4) is 0 Å². The Morgan fingerprint density at radius 3 is 2.86 bits per heavy atom. The predicted octanol–water partition coefficient (Wildman–Crippen LogP) is 2.77. The average molecular weight is 242 g/mol. The molecule has 0 aromatic carbocycles. The van der Waals surface area contributed by atoms with Crippen molar-refractivity contribution < 1.29 is 0 Å². The first-order valence-corrected chi connectivity index (χ1v) is 6.42. The molecule has 1 aromatic heterocycles. The summed E-state index contributed by atoms with van der Waals surface area (Å²) < 4.78 is 4.22. The number of anilines is 1. The van der Waals surface area contributed by atoms with Crippen LogP contribution >= 0.6 is 35.8 Å². The van der Waals surface area contributed by atoms with Gasteiger partial charge in [-0.1, -0.05) is 23.6 Å². The van der Waals surface area contributed by atoms with Crippen molar-refractivity contribution in [3.63, 3.8) is 0 Å². The zero-order valence-corrected chi connectivity index (χ0v) is 10.1. The fourth-order valence-electron chi connectivity index (χ4n) is 2.30. The van der Waals surface area contributed by atoms with Crippen LogP contribution in [0, 0.1) is 7.78 Å². The molecule has 2 aliphatic rings. The SMILES string of the molecule is S=c1sc(=S)n2c3c1CCN3CCC2. The molecule has 0 radical (unpaired) electrons. The van der Waals surface area contributed by atoms with Gasteiger partial charge in [-0.2, -0.15) is 0 Å². The lowest BCUT2D eigenvalue weighted by molar-refractivity contribution is 0.574. The quantitative estimate of drug-likeness (QED) is 0.647. The number of hydrogen-bond acceptors (Lipinski definition) is 4. The number of hydrogen-bond donors (Lipinski definition) is 0. The number of aromatic nitrogens is 1. The molecule has 2 aliphatic heterocycles. The maximum atomic E-state index is 5.36. The number of nitrogens with zero attached hydrogens (tertiary/aromatic N) is 2. The zero-order chi connectivity index (χ0) is 9.71. The van der Waals surface area contributed by atoms with Gasteiger partial charge in [0.25, 0.3) is 0 Å². The molecule has 1 aromatic rings. The normalized spacial score (nSPS) is 18.4. The summed E-state index contributed by atoms with van der Waals surface area (Å²) in [5.41, 5.74) is 1.36. The Morgan fingerprint density at radius 1 is 1.14 bits per heavy atom. The molecule has 3 rings (SSSR count). The van der Waals surface area contributed by atoms with E-state index < -0.39 is 0 Å². The molecule has 0 aliphatic carbocycles. The smallest absolute Gasteiger partial charge is 0.163 e. The van der Waals surface area contributed by atoms with E-state index in [2.05, 4.69) is 9.47 Å². The molecule has 0 spiro atoms. The van der Waals surface area contributed by atoms with Crippen molar-refractivity contribution in [1.82, 2.24) is 4.57 Å². The fourth-order valence-corrected chi connectivity index (χ4v) is 4.08. The van der Waals surface area contributed by atoms with Crippen LogP contribution < -0.4 is 4.90 Å². The van der Waals surface area contributed by atoms with Crippen LogP contribution in [-0.2, 0) is 13.0 Å². The maximum absolute atomic E-state index is 5.36. The van der Waals surface area contributed by atoms with Crippen LogP contribution in [0.15, 0.2) is 0 Å². The average Bonchev–Trinajstić information content (AvgIpc) is 2.59. The topological polar surface area (TPSA) is 8.17 Å². The molecule has 0 amide bonds. The summed E-state index contributed by atoms with van der Waals surface area (Å²) >= 11 is 12.3. The Labute approximate surface area is 96.8 Å². The van der Waals surface area contributed by atoms with E-state index in [1.807, 2.05) is 0 Å². The zero-order valence-electron chi connectivity index (χ0n) is 7.65. The van der Waals surface area contributed by atoms with Gasteiger partial charge in [-0.05, 0) is 25.1 Å². The highest BCUT2D eigenvalue weighted by Crippen LogP contribution is 2.34. The predicted molar refractivity (Wildman–Crippen MR) is 64.5 cm³/mol. The Bertz CT molecular complexity index is 500. The Balaban J connectivity index is 2.41. The molecule has 0 saturated carbocycles. The third-order valence-electron chi connectivity index (χ3n) is 2.91. The van der Waals surface area contributed by atoms with E-state index in [1.54, 1.807) is 11.3 Å². The van der Waals surface area contributed by atoms with Crippen LogP contribution in [-0.4, -0.2) is 17.7 Å². The molecule has 2 nitrogen and oxygen atoms in total. The molecular formula is C9H10N2S3. The highest BCUT2D eigenvalue weighted by atomic mass is 32.2. The maximum Gasteiger partial charge on any atom is 0.163 e. The monoisotopic (exact) mass is 242 g/mol. The molecule has 0 atom stereocenters. The van der Waals surface area contributed by atoms with E-state index in [0.29, 0.717) is 0 Å². The Hall–Kier alpha value is -0.260. The van der Waals surface area contributed by atoms with Crippen molar-refractivity contribution in [3.8, 4) is 0 Å². The van der Waals surface area contributed by atoms with Crippen molar-refractivity contribution in [1.29, 1.82) is 0 Å². The summed E-state index contributed by atoms with van der Waals surface area (Å²) in [6, 6.07) is 0. The minimum atomic E-state index is 0.945. The van der Waals surface area contributed by atoms with E-state index in [-0.39, 0.29) is 0 Å². The van der Waals surface area contributed by atoms with Gasteiger partial charge in [0.15, 0.2) is 3.95 Å². The first kappa shape index (κ1) is 9.00. The van der Waals surface area contributed by atoms with Gasteiger partial charge in [0.05, 0.1) is 3.82 Å². The molecule has 3 heterocycles. The molecule has 74 valence electrons. The number of rotatable bonds is 0. The highest BCUT2D eigenvalue weighted by molar-refractivity contribution is 7.75. The second-order valence-electron chi connectivity index (χ2n) is 3.70. The van der Waals surface area contributed by atoms with E-state index in [4.69, 9.17) is 24.4 Å². The lowest BCUT2D eigenvalue weighted by atomic mass is 10.3. The largest absolute Gasteiger partial charge is 0.357 e. The van der Waals surface area contributed by atoms with Gasteiger partial charge in [-0.15, -0.1) is 0 Å². The summed E-state index contributed by atoms with van der Waals surface area (Å²) in [6.45, 7) is 3.37. The van der Waals surface area contributed by atoms with Crippen molar-refractivity contribution >= 4 is 41.6 Å². The molecule has 0 bridgehead atoms. The van der Waals surface area contributed by atoms with Gasteiger partial charge < -0.3 is 9.47 Å². The highest BCUT2D eigenvalue weighted by Gasteiger charge is 2.26. The fraction of sp³-hybridized carbons (Fsp3) is 0.556. The standard InChI is InChI=1S/C9H10N2S3/c12-8-6-2-5-10-3-1-4-11(7(6)10)9(13)14-8/h1-5H2. The van der Waals surface area contributed by atoms with E-state index in [0.717, 1.165) is 27.3 Å². The van der Waals surface area contributed by atoms with E-state index >= 15 is 0 Å². The molecule has 14 heavy (non-hydrogen) atoms. The van der Waals surface area contributed by atoms with Crippen molar-refractivity contribution in [2.45, 2.75) is 19.4 Å². The van der Waals surface area contributed by atoms with Gasteiger partial charge in [0.2, 0.25) is 0 Å². The third-order valence-corrected chi connectivity index (χ3v) is 4.71. The van der Waals surface area contributed by atoms with Crippen molar-refractivity contribution in [2.24, 2.45) is 0 Å². The summed E-state index contributed by atoms with van der Waals surface area (Å²) in [5.74, 6) is 1.32.